The van der Waals surface area contributed by atoms with Crippen molar-refractivity contribution in [2.75, 3.05) is 38.7 Å². The van der Waals surface area contributed by atoms with Crippen molar-refractivity contribution >= 4 is 23.7 Å². The van der Waals surface area contributed by atoms with Crippen LogP contribution >= 0.6 is 11.9 Å². The summed E-state index contributed by atoms with van der Waals surface area (Å²) >= 11 is 1.83. The first-order chi connectivity index (χ1) is 10.4. The lowest BCUT2D eigenvalue weighted by Gasteiger charge is -2.35. The molecular weight excluding hydrogens is 300 g/mol. The second kappa shape index (κ2) is 7.35. The van der Waals surface area contributed by atoms with Gasteiger partial charge in [0.2, 0.25) is 0 Å². The van der Waals surface area contributed by atoms with Gasteiger partial charge >= 0.3 is 0 Å². The second-order valence-electron chi connectivity index (χ2n) is 5.92. The van der Waals surface area contributed by atoms with Crippen LogP contribution < -0.4 is 10.4 Å². The lowest BCUT2D eigenvalue weighted by molar-refractivity contribution is -0.784. The minimum Gasteiger partial charge on any atom is -0.530 e. The van der Waals surface area contributed by atoms with E-state index in [1.807, 2.05) is 24.1 Å². The Balaban J connectivity index is 2.26. The highest BCUT2D eigenvalue weighted by molar-refractivity contribution is 7.93. The molecule has 1 saturated heterocycles. The summed E-state index contributed by atoms with van der Waals surface area (Å²) in [7, 11) is 2.22. The van der Waals surface area contributed by atoms with E-state index in [-0.39, 0.29) is 0 Å². The molecule has 5 nitrogen and oxygen atoms in total. The van der Waals surface area contributed by atoms with Crippen LogP contribution in [0.3, 0.4) is 0 Å². The number of benzene rings is 1. The van der Waals surface area contributed by atoms with Crippen LogP contribution in [0.15, 0.2) is 23.1 Å². The van der Waals surface area contributed by atoms with Gasteiger partial charge in [-0.3, -0.25) is 3.89 Å². The molecule has 1 aromatic rings. The van der Waals surface area contributed by atoms with Crippen molar-refractivity contribution in [1.29, 1.82) is 0 Å². The molecule has 1 unspecified atom stereocenters. The second-order valence-corrected chi connectivity index (χ2v) is 7.43. The molecule has 1 aliphatic rings. The first-order valence-electron chi connectivity index (χ1n) is 7.67. The van der Waals surface area contributed by atoms with Crippen LogP contribution in [-0.4, -0.2) is 43.3 Å². The summed E-state index contributed by atoms with van der Waals surface area (Å²) in [5, 5.41) is 13.1. The molecule has 1 N–H and O–H groups in total. The van der Waals surface area contributed by atoms with Gasteiger partial charge in [-0.2, -0.15) is 0 Å². The number of nitrogens with zero attached hydrogens (tertiary/aromatic N) is 1. The molecule has 1 heterocycles. The van der Waals surface area contributed by atoms with Crippen molar-refractivity contribution in [2.24, 2.45) is 0 Å². The van der Waals surface area contributed by atoms with Gasteiger partial charge in [-0.05, 0) is 36.1 Å². The number of nitrogens with one attached hydrogen (secondary N) is 1. The maximum absolute atomic E-state index is 10.7. The van der Waals surface area contributed by atoms with Gasteiger partial charge in [0.05, 0.1) is 25.2 Å². The molecule has 1 aliphatic heterocycles. The minimum atomic E-state index is -1.28. The van der Waals surface area contributed by atoms with Crippen molar-refractivity contribution in [2.45, 2.75) is 31.1 Å². The molecule has 6 heteroatoms. The fourth-order valence-electron chi connectivity index (χ4n) is 2.49. The number of morpholine rings is 1. The maximum atomic E-state index is 10.7. The Labute approximate surface area is 136 Å². The Hall–Kier alpha value is -1.24. The molecule has 0 spiro atoms. The Morgan fingerprint density at radius 1 is 1.45 bits per heavy atom. The van der Waals surface area contributed by atoms with Crippen LogP contribution in [-0.2, 0) is 4.74 Å². The number of likely N-dealkylation sites (N-methyl/N-ethyl adjacent to an activating group) is 1. The number of rotatable bonds is 5. The number of carboxylic acid groups (broad SMARTS) is 1. The maximum Gasteiger partial charge on any atom is 0.138 e. The van der Waals surface area contributed by atoms with Crippen LogP contribution in [0.1, 0.15) is 31.7 Å². The predicted octanol–water partition coefficient (Wildman–Crippen LogP) is 2.44. The average Bonchev–Trinajstić information content (AvgIpc) is 2.48. The molecule has 0 saturated carbocycles. The van der Waals surface area contributed by atoms with E-state index in [9.17, 15) is 9.90 Å². The van der Waals surface area contributed by atoms with Gasteiger partial charge in [-0.1, -0.05) is 13.8 Å². The van der Waals surface area contributed by atoms with Gasteiger partial charge in [0.25, 0.3) is 0 Å². The van der Waals surface area contributed by atoms with Gasteiger partial charge in [-0.15, -0.1) is 0 Å². The van der Waals surface area contributed by atoms with Crippen LogP contribution in [0.25, 0.3) is 0 Å². The average molecular weight is 324 g/mol. The zero-order valence-electron chi connectivity index (χ0n) is 13.4. The Bertz CT molecular complexity index is 530. The summed E-state index contributed by atoms with van der Waals surface area (Å²) in [5.74, 6) is 0.374. The number of carbonyl (C=O) groups is 1. The smallest absolute Gasteiger partial charge is 0.138 e. The predicted molar refractivity (Wildman–Crippen MR) is 86.8 cm³/mol. The van der Waals surface area contributed by atoms with Crippen molar-refractivity contribution < 1.29 is 18.5 Å². The molecule has 122 valence electrons. The third-order valence-electron chi connectivity index (χ3n) is 4.14. The van der Waals surface area contributed by atoms with Gasteiger partial charge in [0.15, 0.2) is 0 Å². The zero-order chi connectivity index (χ0) is 16.2. The number of anilines is 1. The van der Waals surface area contributed by atoms with E-state index in [1.54, 1.807) is 6.07 Å². The van der Waals surface area contributed by atoms with Crippen molar-refractivity contribution in [3.05, 3.63) is 23.8 Å². The van der Waals surface area contributed by atoms with Gasteiger partial charge < -0.3 is 20.0 Å². The Morgan fingerprint density at radius 3 is 2.73 bits per heavy atom. The largest absolute Gasteiger partial charge is 0.530 e. The molecule has 1 aromatic carbocycles. The van der Waals surface area contributed by atoms with E-state index in [0.717, 1.165) is 36.6 Å². The van der Waals surface area contributed by atoms with Crippen LogP contribution in [0.2, 0.25) is 0 Å². The molecule has 0 aliphatic carbocycles. The summed E-state index contributed by atoms with van der Waals surface area (Å²) in [6, 6.07) is 5.74. The highest BCUT2D eigenvalue weighted by atomic mass is 32.2. The normalized spacial score (nSPS) is 18.7. The first-order valence-corrected chi connectivity index (χ1v) is 8.44. The number of quaternary nitrogens is 1. The van der Waals surface area contributed by atoms with Gasteiger partial charge in [-0.25, -0.2) is 0 Å². The van der Waals surface area contributed by atoms with Crippen LogP contribution in [0.5, 0.6) is 0 Å². The molecule has 0 radical (unpaired) electrons. The number of hydrogen-bond donors (Lipinski definition) is 1. The molecule has 2 rings (SSSR count). The number of hydrogen-bond acceptors (Lipinski definition) is 4. The highest BCUT2D eigenvalue weighted by Gasteiger charge is 2.29. The molecule has 1 atom stereocenters. The zero-order valence-corrected chi connectivity index (χ0v) is 14.2. The number of amides is 1. The SMILES string of the molecule is CCC(C)c1cc(NC(=O)[O-])ccc1S[N+]1(C)CCOCC1. The van der Waals surface area contributed by atoms with E-state index >= 15 is 0 Å². The van der Waals surface area contributed by atoms with E-state index < -0.39 is 6.09 Å². The number of ether oxygens (including phenoxy) is 1. The van der Waals surface area contributed by atoms with E-state index in [2.05, 4.69) is 26.2 Å². The Morgan fingerprint density at radius 2 is 2.14 bits per heavy atom. The van der Waals surface area contributed by atoms with Crippen molar-refractivity contribution in [3.63, 3.8) is 0 Å². The fourth-order valence-corrected chi connectivity index (χ4v) is 3.79. The van der Waals surface area contributed by atoms with E-state index in [1.165, 1.54) is 10.5 Å². The van der Waals surface area contributed by atoms with Crippen LogP contribution in [0.4, 0.5) is 10.5 Å². The number of carbonyl (C=O) groups excluding carboxylic acids is 1. The Kier molecular flexibility index (Phi) is 5.72. The quantitative estimate of drug-likeness (QED) is 0.667. The summed E-state index contributed by atoms with van der Waals surface area (Å²) in [4.78, 5) is 11.9. The van der Waals surface area contributed by atoms with Crippen LogP contribution in [0, 0.1) is 0 Å². The lowest BCUT2D eigenvalue weighted by Crippen LogP contribution is -2.46. The van der Waals surface area contributed by atoms with Crippen molar-refractivity contribution in [1.82, 2.24) is 0 Å². The fraction of sp³-hybridized carbons (Fsp3) is 0.562. The topological polar surface area (TPSA) is 61.4 Å². The molecule has 22 heavy (non-hydrogen) atoms. The standard InChI is InChI=1S/C16H24N2O3S/c1-4-12(2)14-11-13(17-16(19)20)5-6-15(14)22-18(3)7-9-21-10-8-18/h5-6,11-12,17H,4,7-10H2,1-3H3. The summed E-state index contributed by atoms with van der Waals surface area (Å²) in [5.41, 5.74) is 1.76. The van der Waals surface area contributed by atoms with Crippen molar-refractivity contribution in [3.8, 4) is 0 Å². The summed E-state index contributed by atoms with van der Waals surface area (Å²) < 4.78 is 6.34. The lowest BCUT2D eigenvalue weighted by atomic mass is 9.98. The summed E-state index contributed by atoms with van der Waals surface area (Å²) in [6.07, 6.45) is -0.266. The molecule has 0 aromatic heterocycles. The molecular formula is C16H24N2O3S. The molecule has 1 amide bonds. The minimum absolute atomic E-state index is 0.374. The summed E-state index contributed by atoms with van der Waals surface area (Å²) in [6.45, 7) is 7.83. The monoisotopic (exact) mass is 324 g/mol. The van der Waals surface area contributed by atoms with E-state index in [0.29, 0.717) is 11.6 Å². The van der Waals surface area contributed by atoms with Gasteiger partial charge in [0.1, 0.15) is 31.1 Å². The highest BCUT2D eigenvalue weighted by Crippen LogP contribution is 2.37. The van der Waals surface area contributed by atoms with E-state index in [4.69, 9.17) is 4.74 Å². The molecule has 1 fully saturated rings. The first kappa shape index (κ1) is 17.1. The third kappa shape index (κ3) is 4.38. The molecule has 0 bridgehead atoms. The third-order valence-corrected chi connectivity index (χ3v) is 5.51. The van der Waals surface area contributed by atoms with Gasteiger partial charge in [0, 0.05) is 5.69 Å².